The van der Waals surface area contributed by atoms with Gasteiger partial charge in [0.05, 0.1) is 18.3 Å². The van der Waals surface area contributed by atoms with Gasteiger partial charge in [0.1, 0.15) is 0 Å². The zero-order valence-electron chi connectivity index (χ0n) is 12.3. The molecule has 1 fully saturated rings. The van der Waals surface area contributed by atoms with Gasteiger partial charge in [-0.05, 0) is 38.8 Å². The fraction of sp³-hybridized carbons (Fsp3) is 0.600. The van der Waals surface area contributed by atoms with Gasteiger partial charge in [0.25, 0.3) is 0 Å². The Morgan fingerprint density at radius 1 is 1.45 bits per heavy atom. The highest BCUT2D eigenvalue weighted by Gasteiger charge is 2.21. The van der Waals surface area contributed by atoms with Crippen molar-refractivity contribution in [3.8, 4) is 0 Å². The molecule has 1 amide bonds. The minimum absolute atomic E-state index is 0.0465. The third-order valence-corrected chi connectivity index (χ3v) is 3.81. The lowest BCUT2D eigenvalue weighted by Crippen LogP contribution is -2.47. The molecule has 5 heteroatoms. The van der Waals surface area contributed by atoms with Crippen molar-refractivity contribution in [2.24, 2.45) is 0 Å². The maximum absolute atomic E-state index is 12.0. The maximum Gasteiger partial charge on any atom is 0.226 e. The maximum atomic E-state index is 12.0. The van der Waals surface area contributed by atoms with Crippen molar-refractivity contribution in [1.29, 1.82) is 0 Å². The minimum Gasteiger partial charge on any atom is -0.397 e. The molecule has 5 nitrogen and oxygen atoms in total. The van der Waals surface area contributed by atoms with Crippen molar-refractivity contribution in [2.45, 2.75) is 45.2 Å². The van der Waals surface area contributed by atoms with E-state index in [1.807, 2.05) is 0 Å². The molecule has 1 saturated heterocycles. The summed E-state index contributed by atoms with van der Waals surface area (Å²) in [6, 6.07) is 4.46. The predicted molar refractivity (Wildman–Crippen MR) is 80.2 cm³/mol. The highest BCUT2D eigenvalue weighted by atomic mass is 16.1. The van der Waals surface area contributed by atoms with Crippen LogP contribution in [0.25, 0.3) is 0 Å². The Morgan fingerprint density at radius 3 is 2.70 bits per heavy atom. The molecule has 1 aliphatic heterocycles. The number of hydrogen-bond acceptors (Lipinski definition) is 4. The SMILES string of the molecule is CC(C)N1CCC(NC(=O)Cc2ccc(N)cn2)CC1. The molecular formula is C15H24N4O. The van der Waals surface area contributed by atoms with Crippen LogP contribution in [-0.4, -0.2) is 41.0 Å². The molecule has 0 unspecified atom stereocenters. The summed E-state index contributed by atoms with van der Waals surface area (Å²) in [6.07, 6.45) is 3.96. The van der Waals surface area contributed by atoms with Gasteiger partial charge < -0.3 is 16.0 Å². The zero-order valence-corrected chi connectivity index (χ0v) is 12.3. The molecule has 2 rings (SSSR count). The average Bonchev–Trinajstić information content (AvgIpc) is 2.42. The highest BCUT2D eigenvalue weighted by Crippen LogP contribution is 2.13. The molecule has 0 atom stereocenters. The number of nitrogen functional groups attached to an aromatic ring is 1. The number of pyridine rings is 1. The van der Waals surface area contributed by atoms with Crippen LogP contribution in [0.3, 0.4) is 0 Å². The first-order chi connectivity index (χ1) is 9.54. The lowest BCUT2D eigenvalue weighted by atomic mass is 10.0. The first-order valence-electron chi connectivity index (χ1n) is 7.28. The van der Waals surface area contributed by atoms with Gasteiger partial charge in [-0.2, -0.15) is 0 Å². The largest absolute Gasteiger partial charge is 0.397 e. The van der Waals surface area contributed by atoms with Crippen LogP contribution in [-0.2, 0) is 11.2 Å². The van der Waals surface area contributed by atoms with Crippen LogP contribution in [0.2, 0.25) is 0 Å². The smallest absolute Gasteiger partial charge is 0.226 e. The second-order valence-electron chi connectivity index (χ2n) is 5.73. The second-order valence-corrected chi connectivity index (χ2v) is 5.73. The summed E-state index contributed by atoms with van der Waals surface area (Å²) in [5.74, 6) is 0.0465. The minimum atomic E-state index is 0.0465. The average molecular weight is 276 g/mol. The molecule has 1 aromatic heterocycles. The fourth-order valence-electron chi connectivity index (χ4n) is 2.54. The van der Waals surface area contributed by atoms with Crippen LogP contribution in [0.5, 0.6) is 0 Å². The summed E-state index contributed by atoms with van der Waals surface area (Å²) in [6.45, 7) is 6.54. The van der Waals surface area contributed by atoms with E-state index in [0.29, 0.717) is 24.2 Å². The number of carbonyl (C=O) groups excluding carboxylic acids is 1. The standard InChI is InChI=1S/C15H24N4O/c1-11(2)19-7-5-13(6-8-19)18-15(20)9-14-4-3-12(16)10-17-14/h3-4,10-11,13H,5-9,16H2,1-2H3,(H,18,20). The Hall–Kier alpha value is -1.62. The van der Waals surface area contributed by atoms with Crippen LogP contribution in [0.1, 0.15) is 32.4 Å². The van der Waals surface area contributed by atoms with E-state index >= 15 is 0 Å². The number of nitrogens with two attached hydrogens (primary N) is 1. The van der Waals surface area contributed by atoms with Crippen LogP contribution in [0.4, 0.5) is 5.69 Å². The lowest BCUT2D eigenvalue weighted by molar-refractivity contribution is -0.121. The molecule has 2 heterocycles. The van der Waals surface area contributed by atoms with Gasteiger partial charge in [0.15, 0.2) is 0 Å². The summed E-state index contributed by atoms with van der Waals surface area (Å²) >= 11 is 0. The molecule has 3 N–H and O–H groups in total. The van der Waals surface area contributed by atoms with E-state index in [-0.39, 0.29) is 5.91 Å². The number of hydrogen-bond donors (Lipinski definition) is 2. The summed E-state index contributed by atoms with van der Waals surface area (Å²) in [5.41, 5.74) is 6.96. The van der Waals surface area contributed by atoms with Crippen LogP contribution in [0.15, 0.2) is 18.3 Å². The van der Waals surface area contributed by atoms with Gasteiger partial charge in [-0.1, -0.05) is 0 Å². The molecule has 0 radical (unpaired) electrons. The van der Waals surface area contributed by atoms with Crippen LogP contribution < -0.4 is 11.1 Å². The molecule has 0 saturated carbocycles. The molecule has 110 valence electrons. The number of amides is 1. The molecule has 0 aliphatic carbocycles. The third kappa shape index (κ3) is 4.20. The Bertz CT molecular complexity index is 436. The normalized spacial score (nSPS) is 17.4. The lowest BCUT2D eigenvalue weighted by Gasteiger charge is -2.34. The van der Waals surface area contributed by atoms with Crippen molar-refractivity contribution >= 4 is 11.6 Å². The molecule has 0 bridgehead atoms. The molecule has 20 heavy (non-hydrogen) atoms. The summed E-state index contributed by atoms with van der Waals surface area (Å²) in [7, 11) is 0. The number of anilines is 1. The van der Waals surface area contributed by atoms with Gasteiger partial charge in [-0.3, -0.25) is 9.78 Å². The van der Waals surface area contributed by atoms with Crippen molar-refractivity contribution in [3.63, 3.8) is 0 Å². The van der Waals surface area contributed by atoms with Crippen molar-refractivity contribution in [1.82, 2.24) is 15.2 Å². The van der Waals surface area contributed by atoms with Gasteiger partial charge >= 0.3 is 0 Å². The number of nitrogens with one attached hydrogen (secondary N) is 1. The Labute approximate surface area is 120 Å². The van der Waals surface area contributed by atoms with E-state index in [1.165, 1.54) is 0 Å². The number of likely N-dealkylation sites (tertiary alicyclic amines) is 1. The Morgan fingerprint density at radius 2 is 2.15 bits per heavy atom. The molecule has 0 aromatic carbocycles. The summed E-state index contributed by atoms with van der Waals surface area (Å²) in [4.78, 5) is 18.6. The predicted octanol–water partition coefficient (Wildman–Crippen LogP) is 1.20. The first-order valence-corrected chi connectivity index (χ1v) is 7.28. The number of aromatic nitrogens is 1. The number of nitrogens with zero attached hydrogens (tertiary/aromatic N) is 2. The Balaban J connectivity index is 1.77. The van der Waals surface area contributed by atoms with Crippen molar-refractivity contribution < 1.29 is 4.79 Å². The van der Waals surface area contributed by atoms with E-state index in [4.69, 9.17) is 5.73 Å². The monoisotopic (exact) mass is 276 g/mol. The summed E-state index contributed by atoms with van der Waals surface area (Å²) < 4.78 is 0. The quantitative estimate of drug-likeness (QED) is 0.866. The highest BCUT2D eigenvalue weighted by molar-refractivity contribution is 5.78. The van der Waals surface area contributed by atoms with Crippen LogP contribution in [0, 0.1) is 0 Å². The van der Waals surface area contributed by atoms with Gasteiger partial charge in [0.2, 0.25) is 5.91 Å². The van der Waals surface area contributed by atoms with Crippen molar-refractivity contribution in [2.75, 3.05) is 18.8 Å². The van der Waals surface area contributed by atoms with E-state index in [1.54, 1.807) is 18.3 Å². The van der Waals surface area contributed by atoms with Crippen molar-refractivity contribution in [3.05, 3.63) is 24.0 Å². The van der Waals surface area contributed by atoms with E-state index in [2.05, 4.69) is 29.0 Å². The number of piperidine rings is 1. The second kappa shape index (κ2) is 6.70. The molecule has 0 spiro atoms. The first kappa shape index (κ1) is 14.8. The molecular weight excluding hydrogens is 252 g/mol. The van der Waals surface area contributed by atoms with Gasteiger partial charge in [-0.25, -0.2) is 0 Å². The topological polar surface area (TPSA) is 71.2 Å². The molecule has 1 aliphatic rings. The van der Waals surface area contributed by atoms with E-state index in [0.717, 1.165) is 31.6 Å². The molecule has 1 aromatic rings. The Kier molecular flexibility index (Phi) is 4.95. The summed E-state index contributed by atoms with van der Waals surface area (Å²) in [5, 5.41) is 3.10. The van der Waals surface area contributed by atoms with Gasteiger partial charge in [0, 0.05) is 30.9 Å². The fourth-order valence-corrected chi connectivity index (χ4v) is 2.54. The van der Waals surface area contributed by atoms with E-state index < -0.39 is 0 Å². The third-order valence-electron chi connectivity index (χ3n) is 3.81. The zero-order chi connectivity index (χ0) is 14.5. The van der Waals surface area contributed by atoms with Gasteiger partial charge in [-0.15, -0.1) is 0 Å². The number of carbonyl (C=O) groups is 1. The van der Waals surface area contributed by atoms with Crippen LogP contribution >= 0.6 is 0 Å². The van der Waals surface area contributed by atoms with E-state index in [9.17, 15) is 4.79 Å². The number of rotatable bonds is 4.